The Balaban J connectivity index is 2.33. The molecule has 0 bridgehead atoms. The molecule has 0 atom stereocenters. The maximum atomic E-state index is 12.6. The minimum atomic E-state index is -0.484. The molecule has 0 aliphatic heterocycles. The van der Waals surface area contributed by atoms with Crippen molar-refractivity contribution in [2.45, 2.75) is 46.7 Å². The molecule has 0 fully saturated rings. The van der Waals surface area contributed by atoms with E-state index in [-0.39, 0.29) is 35.2 Å². The first-order valence-corrected chi connectivity index (χ1v) is 8.67. The number of rotatable bonds is 5. The van der Waals surface area contributed by atoms with Crippen molar-refractivity contribution in [3.05, 3.63) is 40.3 Å². The lowest BCUT2D eigenvalue weighted by molar-refractivity contribution is -0.121. The van der Waals surface area contributed by atoms with Crippen LogP contribution in [-0.4, -0.2) is 33.7 Å². The zero-order valence-electron chi connectivity index (χ0n) is 15.9. The van der Waals surface area contributed by atoms with Crippen LogP contribution in [0.5, 0.6) is 0 Å². The molecule has 1 aromatic heterocycles. The van der Waals surface area contributed by atoms with E-state index in [1.807, 2.05) is 34.6 Å². The second-order valence-corrected chi connectivity index (χ2v) is 7.76. The van der Waals surface area contributed by atoms with Crippen LogP contribution in [0.15, 0.2) is 29.1 Å². The molecular formula is C19H26N4O3. The topological polar surface area (TPSA) is 93.1 Å². The van der Waals surface area contributed by atoms with Gasteiger partial charge in [0.2, 0.25) is 5.91 Å². The van der Waals surface area contributed by atoms with E-state index in [0.29, 0.717) is 17.3 Å². The highest BCUT2D eigenvalue weighted by Crippen LogP contribution is 2.13. The molecule has 0 radical (unpaired) electrons. The molecular weight excluding hydrogens is 332 g/mol. The highest BCUT2D eigenvalue weighted by molar-refractivity contribution is 6.05. The zero-order chi connectivity index (χ0) is 19.5. The van der Waals surface area contributed by atoms with Crippen molar-refractivity contribution in [1.82, 2.24) is 20.4 Å². The summed E-state index contributed by atoms with van der Waals surface area (Å²) in [5.41, 5.74) is -0.460. The summed E-state index contributed by atoms with van der Waals surface area (Å²) in [6.45, 7) is 9.79. The minimum Gasteiger partial charge on any atom is -0.350 e. The summed E-state index contributed by atoms with van der Waals surface area (Å²) in [5.74, 6) is -0.566. The molecule has 0 saturated carbocycles. The molecule has 2 N–H and O–H groups in total. The zero-order valence-corrected chi connectivity index (χ0v) is 15.9. The normalized spacial score (nSPS) is 11.6. The Kier molecular flexibility index (Phi) is 5.79. The molecule has 2 rings (SSSR count). The fourth-order valence-electron chi connectivity index (χ4n) is 2.58. The van der Waals surface area contributed by atoms with Crippen LogP contribution in [0.4, 0.5) is 0 Å². The molecule has 26 heavy (non-hydrogen) atoms. The third kappa shape index (κ3) is 4.91. The van der Waals surface area contributed by atoms with Crippen LogP contribution in [0.3, 0.4) is 0 Å². The summed E-state index contributed by atoms with van der Waals surface area (Å²) >= 11 is 0. The van der Waals surface area contributed by atoms with Crippen molar-refractivity contribution >= 4 is 22.6 Å². The van der Waals surface area contributed by atoms with E-state index in [2.05, 4.69) is 15.7 Å². The van der Waals surface area contributed by atoms with Gasteiger partial charge in [0.15, 0.2) is 5.69 Å². The summed E-state index contributed by atoms with van der Waals surface area (Å²) in [6, 6.07) is 6.87. The molecule has 2 amide bonds. The monoisotopic (exact) mass is 358 g/mol. The van der Waals surface area contributed by atoms with Gasteiger partial charge in [-0.3, -0.25) is 14.4 Å². The number of benzene rings is 1. The van der Waals surface area contributed by atoms with Crippen LogP contribution in [0.2, 0.25) is 0 Å². The lowest BCUT2D eigenvalue weighted by Gasteiger charge is -2.20. The summed E-state index contributed by atoms with van der Waals surface area (Å²) < 4.78 is 1.32. The van der Waals surface area contributed by atoms with Crippen LogP contribution in [0.1, 0.15) is 45.1 Å². The fourth-order valence-corrected chi connectivity index (χ4v) is 2.58. The van der Waals surface area contributed by atoms with E-state index in [0.717, 1.165) is 0 Å². The van der Waals surface area contributed by atoms with Gasteiger partial charge in [-0.25, -0.2) is 4.68 Å². The molecule has 1 aromatic carbocycles. The van der Waals surface area contributed by atoms with Gasteiger partial charge in [0.25, 0.3) is 11.5 Å². The lowest BCUT2D eigenvalue weighted by Crippen LogP contribution is -2.46. The van der Waals surface area contributed by atoms with Gasteiger partial charge in [0, 0.05) is 17.5 Å². The van der Waals surface area contributed by atoms with Gasteiger partial charge in [0.05, 0.1) is 11.9 Å². The summed E-state index contributed by atoms with van der Waals surface area (Å²) in [7, 11) is 0. The van der Waals surface area contributed by atoms with E-state index in [9.17, 15) is 14.4 Å². The Morgan fingerprint density at radius 1 is 1.15 bits per heavy atom. The lowest BCUT2D eigenvalue weighted by atomic mass is 10.1. The van der Waals surface area contributed by atoms with Crippen LogP contribution in [0.25, 0.3) is 10.8 Å². The van der Waals surface area contributed by atoms with Crippen molar-refractivity contribution in [2.75, 3.05) is 6.54 Å². The van der Waals surface area contributed by atoms with E-state index >= 15 is 0 Å². The summed E-state index contributed by atoms with van der Waals surface area (Å²) in [5, 5.41) is 10.5. The SMILES string of the molecule is CC(C)Cn1nc(C(=O)NCC(=O)NC(C)(C)C)c2ccccc2c1=O. The quantitative estimate of drug-likeness (QED) is 0.851. The number of amides is 2. The van der Waals surface area contributed by atoms with Gasteiger partial charge >= 0.3 is 0 Å². The molecule has 7 nitrogen and oxygen atoms in total. The highest BCUT2D eigenvalue weighted by atomic mass is 16.2. The number of hydrogen-bond acceptors (Lipinski definition) is 4. The van der Waals surface area contributed by atoms with Gasteiger partial charge < -0.3 is 10.6 Å². The van der Waals surface area contributed by atoms with Crippen molar-refractivity contribution in [2.24, 2.45) is 5.92 Å². The van der Waals surface area contributed by atoms with Gasteiger partial charge in [-0.15, -0.1) is 0 Å². The number of nitrogens with one attached hydrogen (secondary N) is 2. The van der Waals surface area contributed by atoms with Crippen LogP contribution < -0.4 is 16.2 Å². The maximum Gasteiger partial charge on any atom is 0.274 e. The first kappa shape index (κ1) is 19.6. The Hall–Kier alpha value is -2.70. The second kappa shape index (κ2) is 7.68. The molecule has 0 aliphatic carbocycles. The van der Waals surface area contributed by atoms with Crippen molar-refractivity contribution in [1.29, 1.82) is 0 Å². The van der Waals surface area contributed by atoms with Gasteiger partial charge in [-0.05, 0) is 32.8 Å². The minimum absolute atomic E-state index is 0.143. The second-order valence-electron chi connectivity index (χ2n) is 7.76. The Labute approximate surface area is 152 Å². The average Bonchev–Trinajstić information content (AvgIpc) is 2.53. The van der Waals surface area contributed by atoms with Gasteiger partial charge in [0.1, 0.15) is 0 Å². The number of fused-ring (bicyclic) bond motifs is 1. The van der Waals surface area contributed by atoms with Crippen molar-refractivity contribution < 1.29 is 9.59 Å². The molecule has 0 saturated heterocycles. The largest absolute Gasteiger partial charge is 0.350 e. The number of hydrogen-bond donors (Lipinski definition) is 2. The number of nitrogens with zero attached hydrogens (tertiary/aromatic N) is 2. The maximum absolute atomic E-state index is 12.6. The molecule has 1 heterocycles. The van der Waals surface area contributed by atoms with Crippen molar-refractivity contribution in [3.63, 3.8) is 0 Å². The summed E-state index contributed by atoms with van der Waals surface area (Å²) in [6.07, 6.45) is 0. The Bertz CT molecular complexity index is 878. The first-order chi connectivity index (χ1) is 12.1. The Morgan fingerprint density at radius 3 is 2.35 bits per heavy atom. The summed E-state index contributed by atoms with van der Waals surface area (Å²) in [4.78, 5) is 37.1. The predicted octanol–water partition coefficient (Wildman–Crippen LogP) is 1.70. The molecule has 0 spiro atoms. The van der Waals surface area contributed by atoms with Crippen LogP contribution in [-0.2, 0) is 11.3 Å². The Morgan fingerprint density at radius 2 is 1.77 bits per heavy atom. The molecule has 140 valence electrons. The van der Waals surface area contributed by atoms with Gasteiger partial charge in [-0.2, -0.15) is 5.10 Å². The van der Waals surface area contributed by atoms with E-state index in [1.54, 1.807) is 24.3 Å². The van der Waals surface area contributed by atoms with Gasteiger partial charge in [-0.1, -0.05) is 32.0 Å². The number of carbonyl (C=O) groups is 2. The van der Waals surface area contributed by atoms with E-state index in [1.165, 1.54) is 4.68 Å². The molecule has 0 aliphatic rings. The van der Waals surface area contributed by atoms with E-state index in [4.69, 9.17) is 0 Å². The fraction of sp³-hybridized carbons (Fsp3) is 0.474. The molecule has 2 aromatic rings. The number of carbonyl (C=O) groups excluding carboxylic acids is 2. The predicted molar refractivity (Wildman–Crippen MR) is 101 cm³/mol. The van der Waals surface area contributed by atoms with Crippen LogP contribution >= 0.6 is 0 Å². The highest BCUT2D eigenvalue weighted by Gasteiger charge is 2.19. The molecule has 7 heteroatoms. The van der Waals surface area contributed by atoms with Crippen LogP contribution in [0, 0.1) is 5.92 Å². The first-order valence-electron chi connectivity index (χ1n) is 8.67. The van der Waals surface area contributed by atoms with E-state index < -0.39 is 5.91 Å². The standard InChI is InChI=1S/C19H26N4O3/c1-12(2)11-23-18(26)14-9-7-6-8-13(14)16(22-23)17(25)20-10-15(24)21-19(3,4)5/h6-9,12H,10-11H2,1-5H3,(H,20,25)(H,21,24). The third-order valence-electron chi connectivity index (χ3n) is 3.54. The number of aromatic nitrogens is 2. The smallest absolute Gasteiger partial charge is 0.274 e. The molecule has 0 unspecified atom stereocenters. The third-order valence-corrected chi connectivity index (χ3v) is 3.54. The average molecular weight is 358 g/mol. The van der Waals surface area contributed by atoms with Crippen molar-refractivity contribution in [3.8, 4) is 0 Å².